The van der Waals surface area contributed by atoms with Crippen molar-refractivity contribution < 1.29 is 19.1 Å². The van der Waals surface area contributed by atoms with Crippen LogP contribution in [0.15, 0.2) is 0 Å². The van der Waals surface area contributed by atoms with Gasteiger partial charge in [0.25, 0.3) is 0 Å². The molecule has 5 heteroatoms. The molecular weight excluding hydrogens is 234 g/mol. The average molecular weight is 257 g/mol. The van der Waals surface area contributed by atoms with E-state index in [0.717, 1.165) is 0 Å². The standard InChI is InChI=1S/C13H23NO4/c1-10(9-11(15)18-13(2,3)4)12(16)14-5-7-17-8-6-14/h10H,5-9H2,1-4H3/t10-/m0/s1. The fourth-order valence-corrected chi connectivity index (χ4v) is 1.82. The van der Waals surface area contributed by atoms with E-state index in [9.17, 15) is 9.59 Å². The summed E-state index contributed by atoms with van der Waals surface area (Å²) in [5, 5.41) is 0. The number of ether oxygens (including phenoxy) is 2. The molecule has 0 aromatic carbocycles. The van der Waals surface area contributed by atoms with Gasteiger partial charge in [0.15, 0.2) is 0 Å². The summed E-state index contributed by atoms with van der Waals surface area (Å²) in [6.07, 6.45) is 0.132. The quantitative estimate of drug-likeness (QED) is 0.713. The highest BCUT2D eigenvalue weighted by molar-refractivity contribution is 5.83. The summed E-state index contributed by atoms with van der Waals surface area (Å²) in [7, 11) is 0. The number of nitrogens with zero attached hydrogens (tertiary/aromatic N) is 1. The second kappa shape index (κ2) is 6.18. The number of hydrogen-bond acceptors (Lipinski definition) is 4. The molecule has 1 rings (SSSR count). The fourth-order valence-electron chi connectivity index (χ4n) is 1.82. The van der Waals surface area contributed by atoms with Crippen LogP contribution in [0.4, 0.5) is 0 Å². The van der Waals surface area contributed by atoms with Crippen LogP contribution in [0.5, 0.6) is 0 Å². The van der Waals surface area contributed by atoms with Gasteiger partial charge in [0.1, 0.15) is 5.60 Å². The van der Waals surface area contributed by atoms with Crippen molar-refractivity contribution in [1.29, 1.82) is 0 Å². The second-order valence-electron chi connectivity index (χ2n) is 5.63. The van der Waals surface area contributed by atoms with E-state index >= 15 is 0 Å². The van der Waals surface area contributed by atoms with E-state index in [1.807, 2.05) is 20.8 Å². The molecule has 1 fully saturated rings. The van der Waals surface area contributed by atoms with Crippen LogP contribution in [0.2, 0.25) is 0 Å². The monoisotopic (exact) mass is 257 g/mol. The Labute approximate surface area is 108 Å². The molecule has 1 saturated heterocycles. The van der Waals surface area contributed by atoms with Crippen molar-refractivity contribution in [2.75, 3.05) is 26.3 Å². The number of amides is 1. The maximum atomic E-state index is 12.1. The Balaban J connectivity index is 2.41. The lowest BCUT2D eigenvalue weighted by Crippen LogP contribution is -2.43. The van der Waals surface area contributed by atoms with Gasteiger partial charge in [0.05, 0.1) is 19.6 Å². The molecule has 0 aromatic rings. The van der Waals surface area contributed by atoms with Crippen molar-refractivity contribution in [1.82, 2.24) is 4.90 Å². The molecule has 1 amide bonds. The van der Waals surface area contributed by atoms with Gasteiger partial charge in [-0.3, -0.25) is 9.59 Å². The summed E-state index contributed by atoms with van der Waals surface area (Å²) < 4.78 is 10.4. The van der Waals surface area contributed by atoms with Gasteiger partial charge < -0.3 is 14.4 Å². The van der Waals surface area contributed by atoms with E-state index in [2.05, 4.69) is 0 Å². The average Bonchev–Trinajstić information content (AvgIpc) is 2.26. The third-order valence-corrected chi connectivity index (χ3v) is 2.64. The Bertz CT molecular complexity index is 303. The van der Waals surface area contributed by atoms with Crippen LogP contribution in [0.25, 0.3) is 0 Å². The van der Waals surface area contributed by atoms with Crippen LogP contribution in [-0.2, 0) is 19.1 Å². The van der Waals surface area contributed by atoms with Gasteiger partial charge in [0.2, 0.25) is 5.91 Å². The van der Waals surface area contributed by atoms with Crippen LogP contribution >= 0.6 is 0 Å². The molecule has 0 aliphatic carbocycles. The van der Waals surface area contributed by atoms with Gasteiger partial charge in [-0.05, 0) is 20.8 Å². The van der Waals surface area contributed by atoms with Crippen LogP contribution in [0.1, 0.15) is 34.1 Å². The van der Waals surface area contributed by atoms with E-state index < -0.39 is 5.60 Å². The lowest BCUT2D eigenvalue weighted by Gasteiger charge is -2.29. The molecule has 0 saturated carbocycles. The van der Waals surface area contributed by atoms with Gasteiger partial charge in [-0.1, -0.05) is 6.92 Å². The molecule has 1 heterocycles. The SMILES string of the molecule is C[C@@H](CC(=O)OC(C)(C)C)C(=O)N1CCOCC1. The van der Waals surface area contributed by atoms with Crippen molar-refractivity contribution in [3.63, 3.8) is 0 Å². The molecule has 0 spiro atoms. The first-order valence-corrected chi connectivity index (χ1v) is 6.38. The Morgan fingerprint density at radius 3 is 2.33 bits per heavy atom. The minimum Gasteiger partial charge on any atom is -0.460 e. The summed E-state index contributed by atoms with van der Waals surface area (Å²) in [5.74, 6) is -0.654. The Morgan fingerprint density at radius 2 is 1.83 bits per heavy atom. The molecule has 18 heavy (non-hydrogen) atoms. The molecule has 0 bridgehead atoms. The van der Waals surface area contributed by atoms with Crippen molar-refractivity contribution in [2.45, 2.75) is 39.7 Å². The molecule has 0 aromatic heterocycles. The Hall–Kier alpha value is -1.10. The largest absolute Gasteiger partial charge is 0.460 e. The van der Waals surface area contributed by atoms with E-state index in [-0.39, 0.29) is 24.2 Å². The van der Waals surface area contributed by atoms with E-state index in [0.29, 0.717) is 26.3 Å². The molecule has 104 valence electrons. The van der Waals surface area contributed by atoms with Gasteiger partial charge >= 0.3 is 5.97 Å². The van der Waals surface area contributed by atoms with Crippen LogP contribution < -0.4 is 0 Å². The summed E-state index contributed by atoms with van der Waals surface area (Å²) in [4.78, 5) is 25.4. The van der Waals surface area contributed by atoms with E-state index in [4.69, 9.17) is 9.47 Å². The minimum atomic E-state index is -0.501. The molecule has 1 aliphatic rings. The zero-order chi connectivity index (χ0) is 13.8. The number of morpholine rings is 1. The van der Waals surface area contributed by atoms with Gasteiger partial charge in [-0.25, -0.2) is 0 Å². The smallest absolute Gasteiger partial charge is 0.307 e. The second-order valence-corrected chi connectivity index (χ2v) is 5.63. The fraction of sp³-hybridized carbons (Fsp3) is 0.846. The van der Waals surface area contributed by atoms with Crippen molar-refractivity contribution in [2.24, 2.45) is 5.92 Å². The number of carbonyl (C=O) groups excluding carboxylic acids is 2. The maximum absolute atomic E-state index is 12.1. The molecule has 0 N–H and O–H groups in total. The first-order chi connectivity index (χ1) is 8.29. The normalized spacial score (nSPS) is 18.3. The van der Waals surface area contributed by atoms with E-state index in [1.54, 1.807) is 11.8 Å². The molecular formula is C13H23NO4. The molecule has 0 unspecified atom stereocenters. The third-order valence-electron chi connectivity index (χ3n) is 2.64. The van der Waals surface area contributed by atoms with Crippen molar-refractivity contribution in [3.8, 4) is 0 Å². The first kappa shape index (κ1) is 15.0. The summed E-state index contributed by atoms with van der Waals surface area (Å²) >= 11 is 0. The molecule has 5 nitrogen and oxygen atoms in total. The van der Waals surface area contributed by atoms with Crippen LogP contribution in [0.3, 0.4) is 0 Å². The van der Waals surface area contributed by atoms with Crippen molar-refractivity contribution in [3.05, 3.63) is 0 Å². The molecule has 0 radical (unpaired) electrons. The summed E-state index contributed by atoms with van der Waals surface area (Å²) in [5.41, 5.74) is -0.501. The number of esters is 1. The van der Waals surface area contributed by atoms with Crippen molar-refractivity contribution >= 4 is 11.9 Å². The predicted octanol–water partition coefficient (Wildman–Crippen LogP) is 1.21. The van der Waals surface area contributed by atoms with Gasteiger partial charge in [-0.15, -0.1) is 0 Å². The molecule has 1 atom stereocenters. The lowest BCUT2D eigenvalue weighted by atomic mass is 10.1. The third kappa shape index (κ3) is 5.04. The first-order valence-electron chi connectivity index (χ1n) is 6.38. The Morgan fingerprint density at radius 1 is 1.28 bits per heavy atom. The number of rotatable bonds is 3. The predicted molar refractivity (Wildman–Crippen MR) is 67.0 cm³/mol. The van der Waals surface area contributed by atoms with Gasteiger partial charge in [-0.2, -0.15) is 0 Å². The highest BCUT2D eigenvalue weighted by Gasteiger charge is 2.26. The zero-order valence-electron chi connectivity index (χ0n) is 11.7. The highest BCUT2D eigenvalue weighted by Crippen LogP contribution is 2.14. The summed E-state index contributed by atoms with van der Waals surface area (Å²) in [6, 6.07) is 0. The zero-order valence-corrected chi connectivity index (χ0v) is 11.7. The van der Waals surface area contributed by atoms with Gasteiger partial charge in [0, 0.05) is 19.0 Å². The maximum Gasteiger partial charge on any atom is 0.307 e. The molecule has 1 aliphatic heterocycles. The lowest BCUT2D eigenvalue weighted by molar-refractivity contribution is -0.158. The van der Waals surface area contributed by atoms with E-state index in [1.165, 1.54) is 0 Å². The van der Waals surface area contributed by atoms with Crippen LogP contribution in [-0.4, -0.2) is 48.7 Å². The minimum absolute atomic E-state index is 0.00385. The Kier molecular flexibility index (Phi) is 5.14. The number of carbonyl (C=O) groups is 2. The number of hydrogen-bond donors (Lipinski definition) is 0. The highest BCUT2D eigenvalue weighted by atomic mass is 16.6. The topological polar surface area (TPSA) is 55.8 Å². The van der Waals surface area contributed by atoms with Crippen LogP contribution in [0, 0.1) is 5.92 Å². The summed E-state index contributed by atoms with van der Waals surface area (Å²) in [6.45, 7) is 9.59.